The van der Waals surface area contributed by atoms with Gasteiger partial charge < -0.3 is 4.57 Å². The minimum absolute atomic E-state index is 0.585. The highest BCUT2D eigenvalue weighted by molar-refractivity contribution is 6.29. The summed E-state index contributed by atoms with van der Waals surface area (Å²) in [4.78, 5) is 15.2. The van der Waals surface area contributed by atoms with Crippen LogP contribution in [0.2, 0.25) is 0 Å². The van der Waals surface area contributed by atoms with E-state index in [1.54, 1.807) is 0 Å². The maximum atomic E-state index is 5.14. The van der Waals surface area contributed by atoms with Crippen LogP contribution in [-0.4, -0.2) is 24.1 Å². The Morgan fingerprint density at radius 1 is 0.283 bits per heavy atom. The highest BCUT2D eigenvalue weighted by Crippen LogP contribution is 2.51. The van der Waals surface area contributed by atoms with Crippen LogP contribution in [0.3, 0.4) is 0 Å². The second kappa shape index (κ2) is 12.7. The molecule has 0 saturated carbocycles. The fourth-order valence-electron chi connectivity index (χ4n) is 9.68. The van der Waals surface area contributed by atoms with Gasteiger partial charge in [-0.25, -0.2) is 4.98 Å². The number of aromatic nitrogens is 5. The van der Waals surface area contributed by atoms with Crippen molar-refractivity contribution in [3.8, 4) is 67.8 Å². The molecule has 60 heavy (non-hydrogen) atoms. The van der Waals surface area contributed by atoms with Gasteiger partial charge in [-0.1, -0.05) is 152 Å². The summed E-state index contributed by atoms with van der Waals surface area (Å²) >= 11 is 0. The van der Waals surface area contributed by atoms with Crippen LogP contribution in [0.4, 0.5) is 0 Å². The van der Waals surface area contributed by atoms with Gasteiger partial charge in [0.15, 0.2) is 11.6 Å². The van der Waals surface area contributed by atoms with E-state index >= 15 is 0 Å². The van der Waals surface area contributed by atoms with Gasteiger partial charge in [-0.05, 0) is 92.7 Å². The van der Waals surface area contributed by atoms with Crippen molar-refractivity contribution >= 4 is 54.4 Å². The van der Waals surface area contributed by atoms with Gasteiger partial charge in [-0.15, -0.1) is 0 Å². The fourth-order valence-corrected chi connectivity index (χ4v) is 9.68. The van der Waals surface area contributed by atoms with Crippen LogP contribution in [0.15, 0.2) is 200 Å². The zero-order chi connectivity index (χ0) is 39.3. The minimum Gasteiger partial charge on any atom is -0.309 e. The lowest BCUT2D eigenvalue weighted by Gasteiger charge is -2.11. The second-order valence-electron chi connectivity index (χ2n) is 15.6. The molecule has 3 aromatic heterocycles. The summed E-state index contributed by atoms with van der Waals surface area (Å²) in [5.41, 5.74) is 15.0. The molecule has 0 unspecified atom stereocenters. The molecule has 1 aliphatic carbocycles. The number of fused-ring (bicyclic) bond motifs is 10. The normalized spacial score (nSPS) is 12.0. The molecular weight excluding hydrogens is 731 g/mol. The molecule has 0 N–H and O–H groups in total. The van der Waals surface area contributed by atoms with Gasteiger partial charge in [0.1, 0.15) is 0 Å². The molecule has 13 rings (SSSR count). The van der Waals surface area contributed by atoms with Gasteiger partial charge in [0.05, 0.1) is 22.1 Å². The summed E-state index contributed by atoms with van der Waals surface area (Å²) in [6, 6.07) is 71.5. The lowest BCUT2D eigenvalue weighted by molar-refractivity contribution is 0.953. The Balaban J connectivity index is 1.04. The summed E-state index contributed by atoms with van der Waals surface area (Å²) in [6.45, 7) is 0. The quantitative estimate of drug-likeness (QED) is 0.175. The lowest BCUT2D eigenvalue weighted by atomic mass is 9.96. The molecule has 278 valence electrons. The Morgan fingerprint density at radius 2 is 0.817 bits per heavy atom. The first-order valence-corrected chi connectivity index (χ1v) is 20.4. The van der Waals surface area contributed by atoms with Crippen LogP contribution in [0, 0.1) is 0 Å². The van der Waals surface area contributed by atoms with Gasteiger partial charge in [-0.2, -0.15) is 9.97 Å². The van der Waals surface area contributed by atoms with E-state index in [1.165, 1.54) is 54.8 Å². The van der Waals surface area contributed by atoms with E-state index in [-0.39, 0.29) is 0 Å². The average Bonchev–Trinajstić information content (AvgIpc) is 3.96. The predicted molar refractivity (Wildman–Crippen MR) is 247 cm³/mol. The summed E-state index contributed by atoms with van der Waals surface area (Å²) < 4.78 is 4.63. The topological polar surface area (TPSA) is 48.5 Å². The van der Waals surface area contributed by atoms with Gasteiger partial charge in [0, 0.05) is 38.4 Å². The molecule has 0 amide bonds. The van der Waals surface area contributed by atoms with E-state index in [9.17, 15) is 0 Å². The van der Waals surface area contributed by atoms with Gasteiger partial charge in [0.2, 0.25) is 5.95 Å². The zero-order valence-corrected chi connectivity index (χ0v) is 32.3. The molecular formula is C55H33N5. The van der Waals surface area contributed by atoms with Gasteiger partial charge in [0.25, 0.3) is 0 Å². The molecule has 5 nitrogen and oxygen atoms in total. The van der Waals surface area contributed by atoms with Crippen LogP contribution in [0.5, 0.6) is 0 Å². The predicted octanol–water partition coefficient (Wildman–Crippen LogP) is 13.9. The van der Waals surface area contributed by atoms with Crippen LogP contribution in [-0.2, 0) is 0 Å². The zero-order valence-electron chi connectivity index (χ0n) is 32.3. The minimum atomic E-state index is 0.585. The van der Waals surface area contributed by atoms with Crippen molar-refractivity contribution in [3.63, 3.8) is 0 Å². The molecule has 0 fully saturated rings. The molecule has 5 heteroatoms. The first kappa shape index (κ1) is 32.9. The van der Waals surface area contributed by atoms with E-state index < -0.39 is 0 Å². The van der Waals surface area contributed by atoms with Crippen molar-refractivity contribution in [3.05, 3.63) is 200 Å². The maximum absolute atomic E-state index is 5.14. The molecule has 9 aromatic carbocycles. The molecule has 3 heterocycles. The summed E-state index contributed by atoms with van der Waals surface area (Å²) in [5.74, 6) is 1.86. The smallest absolute Gasteiger partial charge is 0.238 e. The van der Waals surface area contributed by atoms with E-state index in [0.29, 0.717) is 17.6 Å². The molecule has 1 aliphatic rings. The number of hydrogen-bond donors (Lipinski definition) is 0. The lowest BCUT2D eigenvalue weighted by Crippen LogP contribution is -2.06. The van der Waals surface area contributed by atoms with E-state index in [1.807, 2.05) is 60.7 Å². The summed E-state index contributed by atoms with van der Waals surface area (Å²) in [6.07, 6.45) is 0. The summed E-state index contributed by atoms with van der Waals surface area (Å²) in [7, 11) is 0. The molecule has 0 saturated heterocycles. The third kappa shape index (κ3) is 4.77. The van der Waals surface area contributed by atoms with E-state index in [0.717, 1.165) is 49.7 Å². The molecule has 0 aliphatic heterocycles. The maximum Gasteiger partial charge on any atom is 0.238 e. The van der Waals surface area contributed by atoms with Crippen LogP contribution < -0.4 is 0 Å². The highest BCUT2D eigenvalue weighted by atomic mass is 15.2. The molecule has 0 spiro atoms. The molecule has 0 atom stereocenters. The van der Waals surface area contributed by atoms with Crippen molar-refractivity contribution in [2.24, 2.45) is 0 Å². The first-order chi connectivity index (χ1) is 29.8. The fraction of sp³-hybridized carbons (Fsp3) is 0. The summed E-state index contributed by atoms with van der Waals surface area (Å²) in [5, 5.41) is 7.42. The van der Waals surface area contributed by atoms with E-state index in [4.69, 9.17) is 15.0 Å². The molecule has 0 radical (unpaired) electrons. The Hall–Kier alpha value is -8.15. The number of nitrogens with zero attached hydrogens (tertiary/aromatic N) is 5. The third-order valence-corrected chi connectivity index (χ3v) is 12.3. The molecule has 12 aromatic rings. The van der Waals surface area contributed by atoms with Crippen molar-refractivity contribution in [2.75, 3.05) is 0 Å². The first-order valence-electron chi connectivity index (χ1n) is 20.4. The SMILES string of the molecule is c1ccc(-c2nc(-c3ccccc3)nc(-n3c4ccccc4c4cc(-c5ccc6c(c5)c5c7cccc8c7c(cc5n6-c5ccccc5)-c5ccccc5-8)ccc43)n2)cc1. The van der Waals surface area contributed by atoms with Crippen molar-refractivity contribution in [1.29, 1.82) is 0 Å². The Kier molecular flexibility index (Phi) is 6.95. The average molecular weight is 764 g/mol. The van der Waals surface area contributed by atoms with Crippen molar-refractivity contribution in [2.45, 2.75) is 0 Å². The number of hydrogen-bond acceptors (Lipinski definition) is 3. The highest BCUT2D eigenvalue weighted by Gasteiger charge is 2.26. The largest absolute Gasteiger partial charge is 0.309 e. The van der Waals surface area contributed by atoms with Crippen LogP contribution in [0.1, 0.15) is 0 Å². The standard InChI is InChI=1S/C55H33N5/c1-4-15-34(16-5-1)53-56-54(35-17-6-2-7-18-35)58-55(57-53)60-47-26-13-12-23-41(47)44-31-36(27-29-48(44)60)37-28-30-49-46(32-37)52-43-25-14-24-42-39-21-10-11-22-40(39)45(51(42)43)33-50(52)59(49)38-19-8-3-9-20-38/h1-33H. The van der Waals surface area contributed by atoms with Crippen molar-refractivity contribution in [1.82, 2.24) is 24.1 Å². The Morgan fingerprint density at radius 3 is 1.52 bits per heavy atom. The Bertz CT molecular complexity index is 3640. The monoisotopic (exact) mass is 763 g/mol. The van der Waals surface area contributed by atoms with Gasteiger partial charge >= 0.3 is 0 Å². The third-order valence-electron chi connectivity index (χ3n) is 12.3. The second-order valence-corrected chi connectivity index (χ2v) is 15.6. The van der Waals surface area contributed by atoms with Crippen LogP contribution in [0.25, 0.3) is 122 Å². The number of benzene rings is 9. The Labute approximate surface area is 345 Å². The van der Waals surface area contributed by atoms with Gasteiger partial charge in [-0.3, -0.25) is 4.57 Å². The number of rotatable bonds is 5. The van der Waals surface area contributed by atoms with Crippen LogP contribution >= 0.6 is 0 Å². The molecule has 0 bridgehead atoms. The van der Waals surface area contributed by atoms with E-state index in [2.05, 4.69) is 149 Å². The van der Waals surface area contributed by atoms with Crippen molar-refractivity contribution < 1.29 is 0 Å². The number of para-hydroxylation sites is 2.